The van der Waals surface area contributed by atoms with E-state index in [1.54, 1.807) is 224 Å². The lowest BCUT2D eigenvalue weighted by Gasteiger charge is -2.34. The van der Waals surface area contributed by atoms with Crippen molar-refractivity contribution in [1.29, 1.82) is 0 Å². The van der Waals surface area contributed by atoms with Crippen LogP contribution in [-0.4, -0.2) is 230 Å². The Labute approximate surface area is 755 Å². The Balaban J connectivity index is 2.15. The van der Waals surface area contributed by atoms with Crippen molar-refractivity contribution >= 4 is 83.1 Å². The van der Waals surface area contributed by atoms with Crippen molar-refractivity contribution in [2.45, 2.75) is 376 Å². The number of carboxylic acids is 1. The van der Waals surface area contributed by atoms with E-state index in [1.165, 1.54) is 27.7 Å². The second kappa shape index (κ2) is 47.2. The molecule has 128 heavy (non-hydrogen) atoms. The molecule has 11 atom stereocenters. The van der Waals surface area contributed by atoms with Gasteiger partial charge in [0.1, 0.15) is 93.4 Å². The van der Waals surface area contributed by atoms with Gasteiger partial charge >= 0.3 is 24.0 Å². The molecule has 12 N–H and O–H groups in total. The predicted octanol–water partition coefficient (Wildman–Crippen LogP) is 7.83. The number of hydrogen-bond donors (Lipinski definition) is 12. The molecule has 35 nitrogen and oxygen atoms in total. The number of carboxylic acid groups (broad SMARTS) is 1. The maximum Gasteiger partial charge on any atom is 0.408 e. The van der Waals surface area contributed by atoms with Crippen molar-refractivity contribution in [3.8, 4) is 11.5 Å². The quantitative estimate of drug-likeness (QED) is 0.0190. The summed E-state index contributed by atoms with van der Waals surface area (Å²) in [6.07, 6.45) is -5.77. The van der Waals surface area contributed by atoms with Crippen molar-refractivity contribution in [2.24, 2.45) is 0 Å². The first-order valence-corrected chi connectivity index (χ1v) is 43.1. The number of esters is 2. The van der Waals surface area contributed by atoms with Crippen LogP contribution in [0.2, 0.25) is 0 Å². The minimum atomic E-state index is -1.90. The molecule has 718 valence electrons. The highest BCUT2D eigenvalue weighted by molar-refractivity contribution is 6.00. The van der Waals surface area contributed by atoms with Gasteiger partial charge in [-0.05, 0) is 262 Å². The van der Waals surface area contributed by atoms with Gasteiger partial charge in [-0.1, -0.05) is 54.6 Å². The Morgan fingerprint density at radius 3 is 1.12 bits per heavy atom. The minimum absolute atomic E-state index is 0.0823. The molecular formula is C93H147N11O24. The molecule has 3 aromatic rings. The van der Waals surface area contributed by atoms with Crippen LogP contribution in [0.1, 0.15) is 251 Å². The first-order valence-electron chi connectivity index (χ1n) is 43.1. The Bertz CT molecular complexity index is 4230. The number of carbonyl (C=O) groups is 14. The van der Waals surface area contributed by atoms with Gasteiger partial charge in [0.15, 0.2) is 6.04 Å². The zero-order chi connectivity index (χ0) is 98.0. The SMILES string of the molecule is C[C@@H](OC(C)(C)C)[C@H](NC(=O)CNC(=O)[C@H](CCC(=O)OC(C)(C)C)NC(=O)C(C)(C)NC(=O)[C@H](Cc1ccc(OC(C)(C)C)cc1)NC(=O)OC(C)(C)C)C(=O)N[C@@H](Cc1ccccc1)C(=O)N[C@H](C(=O)N[C@@H](COC(C)(C)C)C(=O)N[C@@H](CC(=O)OC(C)(C)C)C(=O)N[C@@H](Cc1ccc(OC(C)(C)C)cc1)C(=O)N[C@@H](COC(C)(C)C)C(=O)O)[C@@H](C)OC(C)(C)C. The summed E-state index contributed by atoms with van der Waals surface area (Å²) in [4.78, 5) is 202. The number of rotatable bonds is 43. The molecule has 0 radical (unpaired) electrons. The van der Waals surface area contributed by atoms with Gasteiger partial charge in [-0.2, -0.15) is 0 Å². The molecule has 0 fully saturated rings. The lowest BCUT2D eigenvalue weighted by molar-refractivity contribution is -0.157. The Kier molecular flexibility index (Phi) is 41.1. The molecule has 0 aliphatic carbocycles. The zero-order valence-corrected chi connectivity index (χ0v) is 81.1. The molecule has 0 bridgehead atoms. The molecule has 0 saturated heterocycles. The van der Waals surface area contributed by atoms with E-state index in [0.29, 0.717) is 28.2 Å². The first kappa shape index (κ1) is 112. The van der Waals surface area contributed by atoms with Crippen LogP contribution in [0.15, 0.2) is 78.9 Å². The van der Waals surface area contributed by atoms with Crippen LogP contribution < -0.4 is 68.0 Å². The second-order valence-electron chi connectivity index (χ2n) is 41.2. The summed E-state index contributed by atoms with van der Waals surface area (Å²) in [6, 6.07) is 6.83. The molecule has 0 aliphatic heterocycles. The van der Waals surface area contributed by atoms with E-state index in [2.05, 4.69) is 58.5 Å². The average molecular weight is 1800 g/mol. The average Bonchev–Trinajstić information content (AvgIpc) is 0.831. The topological polar surface area (TPSA) is 475 Å². The fourth-order valence-corrected chi connectivity index (χ4v) is 12.1. The lowest BCUT2D eigenvalue weighted by Crippen LogP contribution is -2.64. The summed E-state index contributed by atoms with van der Waals surface area (Å²) < 4.78 is 53.1. The van der Waals surface area contributed by atoms with Crippen molar-refractivity contribution < 1.29 is 115 Å². The minimum Gasteiger partial charge on any atom is -0.488 e. The summed E-state index contributed by atoms with van der Waals surface area (Å²) in [5.41, 5.74) is -8.37. The van der Waals surface area contributed by atoms with Crippen molar-refractivity contribution in [3.63, 3.8) is 0 Å². The fourth-order valence-electron chi connectivity index (χ4n) is 12.1. The highest BCUT2D eigenvalue weighted by atomic mass is 16.6. The van der Waals surface area contributed by atoms with E-state index in [0.717, 1.165) is 0 Å². The summed E-state index contributed by atoms with van der Waals surface area (Å²) in [6.45, 7) is 49.4. The molecule has 35 heteroatoms. The van der Waals surface area contributed by atoms with E-state index in [-0.39, 0.29) is 19.3 Å². The number of nitrogens with one attached hydrogen (secondary N) is 11. The third kappa shape index (κ3) is 46.0. The van der Waals surface area contributed by atoms with Crippen molar-refractivity contribution in [2.75, 3.05) is 19.8 Å². The molecule has 0 aromatic heterocycles. The monoisotopic (exact) mass is 1800 g/mol. The van der Waals surface area contributed by atoms with Crippen LogP contribution in [0.3, 0.4) is 0 Å². The number of carbonyl (C=O) groups excluding carboxylic acids is 13. The van der Waals surface area contributed by atoms with Crippen LogP contribution in [0.5, 0.6) is 11.5 Å². The van der Waals surface area contributed by atoms with E-state index in [1.807, 2.05) is 41.5 Å². The summed E-state index contributed by atoms with van der Waals surface area (Å²) in [5, 5.41) is 38.9. The van der Waals surface area contributed by atoms with Crippen LogP contribution in [0, 0.1) is 0 Å². The van der Waals surface area contributed by atoms with Crippen molar-refractivity contribution in [3.05, 3.63) is 95.6 Å². The van der Waals surface area contributed by atoms with Crippen LogP contribution in [0.25, 0.3) is 0 Å². The van der Waals surface area contributed by atoms with Gasteiger partial charge in [-0.3, -0.25) is 57.5 Å². The highest BCUT2D eigenvalue weighted by Crippen LogP contribution is 2.25. The maximum absolute atomic E-state index is 15.4. The van der Waals surface area contributed by atoms with Gasteiger partial charge in [0, 0.05) is 25.7 Å². The largest absolute Gasteiger partial charge is 0.488 e. The highest BCUT2D eigenvalue weighted by Gasteiger charge is 2.42. The second-order valence-corrected chi connectivity index (χ2v) is 41.2. The summed E-state index contributed by atoms with van der Waals surface area (Å²) in [5.74, 6) is -12.3. The number of amides is 11. The number of hydrogen-bond acceptors (Lipinski definition) is 23. The van der Waals surface area contributed by atoms with E-state index in [9.17, 15) is 48.3 Å². The summed E-state index contributed by atoms with van der Waals surface area (Å²) in [7, 11) is 0. The molecule has 0 unspecified atom stereocenters. The van der Waals surface area contributed by atoms with E-state index >= 15 is 24.0 Å². The molecule has 0 heterocycles. The van der Waals surface area contributed by atoms with Gasteiger partial charge in [0.25, 0.3) is 0 Å². The van der Waals surface area contributed by atoms with Crippen LogP contribution in [0.4, 0.5) is 4.79 Å². The maximum atomic E-state index is 15.4. The van der Waals surface area contributed by atoms with E-state index < -0.39 is 245 Å². The van der Waals surface area contributed by atoms with Gasteiger partial charge in [-0.25, -0.2) is 9.59 Å². The van der Waals surface area contributed by atoms with Gasteiger partial charge in [-0.15, -0.1) is 0 Å². The third-order valence-electron chi connectivity index (χ3n) is 17.5. The van der Waals surface area contributed by atoms with Crippen LogP contribution in [-0.2, 0) is 115 Å². The van der Waals surface area contributed by atoms with Crippen molar-refractivity contribution in [1.82, 2.24) is 58.5 Å². The number of aliphatic carboxylic acids is 1. The van der Waals surface area contributed by atoms with Gasteiger partial charge in [0.2, 0.25) is 59.1 Å². The molecule has 11 amide bonds. The predicted molar refractivity (Wildman–Crippen MR) is 480 cm³/mol. The normalized spacial score (nSPS) is 15.1. The molecule has 0 aliphatic rings. The fraction of sp³-hybridized carbons (Fsp3) is 0.656. The standard InChI is InChI=1S/C93H147N11O24/c1-54(122-86(9,10)11)71(102-68(105)51-94-73(108)61(45-46-69(106)126-90(21,22)23)100-82(118)93(30,31)104-78(113)64(101-83(119)128-92(27,28)29)49-58-39-43-60(44-40-58)125-89(18,19)20)79(114)97-63(47-56-35-33-32-34-36-56)76(111)103-72(55(2)123-87(12,13)14)80(115)98-66(52-120-84(3,4)5)77(112)96-65(50-70(107)127-91(24,25)26)75(110)95-62(48-57-37-41-59(42-38-57)124-88(15,16)17)74(109)99-67(81(116)117)53-121-85(6,7)8/h32-44,54-55,61-67,71-72H,45-53H2,1-31H3,(H,94,108)(H,95,110)(H,96,112)(H,97,114)(H,98,115)(H,99,109)(H,100,118)(H,101,119)(H,102,105)(H,103,111)(H,104,113)(H,116,117)/t54-,55-,61+,62+,63+,64+,65+,66+,67+,71+,72+/m1/s1. The Morgan fingerprint density at radius 1 is 0.336 bits per heavy atom. The van der Waals surface area contributed by atoms with E-state index in [4.69, 9.17) is 42.6 Å². The Hall–Kier alpha value is -10.5. The number of ether oxygens (including phenoxy) is 9. The molecule has 0 spiro atoms. The smallest absolute Gasteiger partial charge is 0.408 e. The number of alkyl carbamates (subject to hydrolysis) is 1. The van der Waals surface area contributed by atoms with Gasteiger partial charge < -0.3 is 106 Å². The molecular weight excluding hydrogens is 1660 g/mol. The molecule has 0 saturated carbocycles. The van der Waals surface area contributed by atoms with Gasteiger partial charge in [0.05, 0.1) is 60.8 Å². The zero-order valence-electron chi connectivity index (χ0n) is 81.1. The lowest BCUT2D eigenvalue weighted by atomic mass is 9.99. The summed E-state index contributed by atoms with van der Waals surface area (Å²) >= 11 is 0. The third-order valence-corrected chi connectivity index (χ3v) is 17.5. The molecule has 3 aromatic carbocycles. The van der Waals surface area contributed by atoms with Crippen LogP contribution >= 0.6 is 0 Å². The molecule has 3 rings (SSSR count). The first-order chi connectivity index (χ1) is 58.2. The number of benzene rings is 3. The Morgan fingerprint density at radius 2 is 0.703 bits per heavy atom.